The maximum atomic E-state index is 11.2. The molecule has 2 rings (SSSR count). The lowest BCUT2D eigenvalue weighted by Crippen LogP contribution is -2.24. The third-order valence-electron chi connectivity index (χ3n) is 3.59. The molecule has 0 aliphatic rings. The summed E-state index contributed by atoms with van der Waals surface area (Å²) in [5, 5.41) is 3.55. The molecule has 4 nitrogen and oxygen atoms in total. The highest BCUT2D eigenvalue weighted by molar-refractivity contribution is 5.75. The predicted molar refractivity (Wildman–Crippen MR) is 79.4 cm³/mol. The van der Waals surface area contributed by atoms with E-state index in [1.165, 1.54) is 18.4 Å². The minimum absolute atomic E-state index is 0.149. The first-order valence-corrected chi connectivity index (χ1v) is 7.05. The molecule has 0 saturated carbocycles. The maximum Gasteiger partial charge on any atom is 0.323 e. The molecule has 2 atom stereocenters. The average Bonchev–Trinajstić information content (AvgIpc) is 2.75. The first-order valence-electron chi connectivity index (χ1n) is 7.05. The van der Waals surface area contributed by atoms with Crippen LogP contribution in [0.5, 0.6) is 0 Å². The molecule has 19 heavy (non-hydrogen) atoms. The van der Waals surface area contributed by atoms with E-state index in [-0.39, 0.29) is 5.69 Å². The Labute approximate surface area is 113 Å². The van der Waals surface area contributed by atoms with Gasteiger partial charge < -0.3 is 15.3 Å². The molecule has 0 fully saturated rings. The summed E-state index contributed by atoms with van der Waals surface area (Å²) < 4.78 is 0. The average molecular weight is 261 g/mol. The van der Waals surface area contributed by atoms with Gasteiger partial charge in [-0.1, -0.05) is 26.3 Å². The zero-order valence-electron chi connectivity index (χ0n) is 11.9. The summed E-state index contributed by atoms with van der Waals surface area (Å²) in [7, 11) is 0. The van der Waals surface area contributed by atoms with Gasteiger partial charge in [-0.2, -0.15) is 0 Å². The smallest absolute Gasteiger partial charge is 0.310 e. The first-order chi connectivity index (χ1) is 9.10. The molecule has 3 N–H and O–H groups in total. The molecule has 0 aliphatic carbocycles. The van der Waals surface area contributed by atoms with Gasteiger partial charge in [-0.15, -0.1) is 0 Å². The Bertz CT molecular complexity index is 584. The molecule has 4 heteroatoms. The van der Waals surface area contributed by atoms with Crippen LogP contribution in [0, 0.1) is 5.92 Å². The van der Waals surface area contributed by atoms with Crippen LogP contribution in [0.15, 0.2) is 23.0 Å². The summed E-state index contributed by atoms with van der Waals surface area (Å²) >= 11 is 0. The Balaban J connectivity index is 2.04. The quantitative estimate of drug-likeness (QED) is 0.748. The highest BCUT2D eigenvalue weighted by Gasteiger charge is 2.08. The van der Waals surface area contributed by atoms with E-state index < -0.39 is 0 Å². The number of fused-ring (bicyclic) bond motifs is 1. The lowest BCUT2D eigenvalue weighted by Gasteiger charge is -2.17. The van der Waals surface area contributed by atoms with E-state index in [0.717, 1.165) is 17.6 Å². The van der Waals surface area contributed by atoms with Crippen molar-refractivity contribution in [3.63, 3.8) is 0 Å². The lowest BCUT2D eigenvalue weighted by atomic mass is 10.0. The van der Waals surface area contributed by atoms with E-state index in [9.17, 15) is 4.79 Å². The van der Waals surface area contributed by atoms with Crippen molar-refractivity contribution in [2.45, 2.75) is 39.7 Å². The van der Waals surface area contributed by atoms with Crippen molar-refractivity contribution in [2.75, 3.05) is 6.54 Å². The van der Waals surface area contributed by atoms with Gasteiger partial charge in [0.15, 0.2) is 0 Å². The minimum atomic E-state index is -0.149. The molecule has 2 aromatic rings. The van der Waals surface area contributed by atoms with Crippen LogP contribution in [0.3, 0.4) is 0 Å². The number of H-pyrrole nitrogens is 2. The van der Waals surface area contributed by atoms with Crippen molar-refractivity contribution in [2.24, 2.45) is 5.92 Å². The van der Waals surface area contributed by atoms with E-state index in [4.69, 9.17) is 0 Å². The molecule has 0 aliphatic heterocycles. The predicted octanol–water partition coefficient (Wildman–Crippen LogP) is 2.94. The van der Waals surface area contributed by atoms with Crippen molar-refractivity contribution < 1.29 is 0 Å². The highest BCUT2D eigenvalue weighted by Crippen LogP contribution is 2.17. The van der Waals surface area contributed by atoms with Crippen molar-refractivity contribution in [3.05, 3.63) is 34.2 Å². The molecule has 0 saturated heterocycles. The van der Waals surface area contributed by atoms with Gasteiger partial charge in [-0.25, -0.2) is 4.79 Å². The number of hydrogen-bond donors (Lipinski definition) is 3. The van der Waals surface area contributed by atoms with Crippen LogP contribution in [-0.2, 0) is 0 Å². The van der Waals surface area contributed by atoms with Crippen LogP contribution in [-0.4, -0.2) is 16.5 Å². The molecule has 0 bridgehead atoms. The number of imidazole rings is 1. The SMILES string of the molecule is CCCC(C)CNC(C)c1ccc2[nH]c(=O)[nH]c2c1. The zero-order chi connectivity index (χ0) is 13.8. The molecule has 2 unspecified atom stereocenters. The Kier molecular flexibility index (Phi) is 4.43. The molecule has 0 amide bonds. The Morgan fingerprint density at radius 1 is 1.21 bits per heavy atom. The summed E-state index contributed by atoms with van der Waals surface area (Å²) in [5.74, 6) is 0.697. The van der Waals surface area contributed by atoms with E-state index in [1.807, 2.05) is 12.1 Å². The third-order valence-corrected chi connectivity index (χ3v) is 3.59. The fraction of sp³-hybridized carbons (Fsp3) is 0.533. The second-order valence-electron chi connectivity index (χ2n) is 5.41. The van der Waals surface area contributed by atoms with Gasteiger partial charge in [0, 0.05) is 6.04 Å². The van der Waals surface area contributed by atoms with Gasteiger partial charge in [0.1, 0.15) is 0 Å². The van der Waals surface area contributed by atoms with Gasteiger partial charge in [0.05, 0.1) is 11.0 Å². The topological polar surface area (TPSA) is 60.7 Å². The molecule has 0 radical (unpaired) electrons. The summed E-state index contributed by atoms with van der Waals surface area (Å²) in [5.41, 5.74) is 2.79. The molecule has 104 valence electrons. The molecule has 1 heterocycles. The molecular formula is C15H23N3O. The summed E-state index contributed by atoms with van der Waals surface area (Å²) in [6.45, 7) is 7.67. The highest BCUT2D eigenvalue weighted by atomic mass is 16.1. The van der Waals surface area contributed by atoms with E-state index in [0.29, 0.717) is 12.0 Å². The van der Waals surface area contributed by atoms with Gasteiger partial charge in [-0.05, 0) is 43.5 Å². The van der Waals surface area contributed by atoms with Crippen molar-refractivity contribution in [1.82, 2.24) is 15.3 Å². The number of rotatable bonds is 6. The van der Waals surface area contributed by atoms with Crippen LogP contribution < -0.4 is 11.0 Å². The maximum absolute atomic E-state index is 11.2. The van der Waals surface area contributed by atoms with Gasteiger partial charge in [0.2, 0.25) is 0 Å². The monoisotopic (exact) mass is 261 g/mol. The number of aromatic nitrogens is 2. The molecule has 1 aromatic carbocycles. The number of benzene rings is 1. The number of hydrogen-bond acceptors (Lipinski definition) is 2. The fourth-order valence-electron chi connectivity index (χ4n) is 2.41. The van der Waals surface area contributed by atoms with Crippen molar-refractivity contribution >= 4 is 11.0 Å². The van der Waals surface area contributed by atoms with Crippen molar-refractivity contribution in [3.8, 4) is 0 Å². The van der Waals surface area contributed by atoms with Gasteiger partial charge >= 0.3 is 5.69 Å². The Morgan fingerprint density at radius 2 is 1.95 bits per heavy atom. The van der Waals surface area contributed by atoms with E-state index >= 15 is 0 Å². The lowest BCUT2D eigenvalue weighted by molar-refractivity contribution is 0.444. The van der Waals surface area contributed by atoms with E-state index in [1.54, 1.807) is 0 Å². The minimum Gasteiger partial charge on any atom is -0.310 e. The number of nitrogens with one attached hydrogen (secondary N) is 3. The standard InChI is InChI=1S/C15H23N3O/c1-4-5-10(2)9-16-11(3)12-6-7-13-14(8-12)18-15(19)17-13/h6-8,10-11,16H,4-5,9H2,1-3H3,(H2,17,18,19). The van der Waals surface area contributed by atoms with Crippen LogP contribution in [0.2, 0.25) is 0 Å². The van der Waals surface area contributed by atoms with Gasteiger partial charge in [0.25, 0.3) is 0 Å². The normalized spacial score (nSPS) is 14.7. The van der Waals surface area contributed by atoms with Crippen LogP contribution in [0.1, 0.15) is 45.2 Å². The zero-order valence-corrected chi connectivity index (χ0v) is 11.9. The summed E-state index contributed by atoms with van der Waals surface area (Å²) in [6.07, 6.45) is 2.48. The van der Waals surface area contributed by atoms with Crippen LogP contribution >= 0.6 is 0 Å². The van der Waals surface area contributed by atoms with Crippen LogP contribution in [0.25, 0.3) is 11.0 Å². The summed E-state index contributed by atoms with van der Waals surface area (Å²) in [4.78, 5) is 16.8. The number of aromatic amines is 2. The second kappa shape index (κ2) is 6.06. The van der Waals surface area contributed by atoms with Crippen molar-refractivity contribution in [1.29, 1.82) is 0 Å². The van der Waals surface area contributed by atoms with Gasteiger partial charge in [-0.3, -0.25) is 0 Å². The third kappa shape index (κ3) is 3.47. The van der Waals surface area contributed by atoms with Crippen LogP contribution in [0.4, 0.5) is 0 Å². The summed E-state index contributed by atoms with van der Waals surface area (Å²) in [6, 6.07) is 6.35. The molecule has 1 aromatic heterocycles. The Morgan fingerprint density at radius 3 is 2.68 bits per heavy atom. The first kappa shape index (κ1) is 13.9. The molecular weight excluding hydrogens is 238 g/mol. The second-order valence-corrected chi connectivity index (χ2v) is 5.41. The Hall–Kier alpha value is -1.55. The molecule has 0 spiro atoms. The van der Waals surface area contributed by atoms with E-state index in [2.05, 4.69) is 42.1 Å². The largest absolute Gasteiger partial charge is 0.323 e. The fourth-order valence-corrected chi connectivity index (χ4v) is 2.41.